The van der Waals surface area contributed by atoms with Gasteiger partial charge in [0, 0.05) is 0 Å². The van der Waals surface area contributed by atoms with Crippen LogP contribution in [0.25, 0.3) is 0 Å². The van der Waals surface area contributed by atoms with Gasteiger partial charge in [0.15, 0.2) is 0 Å². The third-order valence-corrected chi connectivity index (χ3v) is 1.93. The molecule has 0 aliphatic heterocycles. The molecule has 0 aromatic rings. The molecule has 1 unspecified atom stereocenters. The van der Waals surface area contributed by atoms with Crippen molar-refractivity contribution in [1.82, 2.24) is 0 Å². The summed E-state index contributed by atoms with van der Waals surface area (Å²) >= 11 is 0. The highest BCUT2D eigenvalue weighted by molar-refractivity contribution is 7.48. The Labute approximate surface area is 76.0 Å². The van der Waals surface area contributed by atoms with E-state index in [2.05, 4.69) is 23.6 Å². The molecule has 0 aliphatic rings. The first-order valence-corrected chi connectivity index (χ1v) is 4.87. The molecular weight excluding hydrogens is 203 g/mol. The van der Waals surface area contributed by atoms with Gasteiger partial charge in [0.2, 0.25) is 0 Å². The summed E-state index contributed by atoms with van der Waals surface area (Å²) in [6, 6.07) is 0. The lowest BCUT2D eigenvalue weighted by molar-refractivity contribution is -0.259. The van der Waals surface area contributed by atoms with E-state index in [0.717, 1.165) is 14.2 Å². The Kier molecular flexibility index (Phi) is 6.44. The number of phosphoric acid groups is 1. The van der Waals surface area contributed by atoms with Crippen LogP contribution in [-0.2, 0) is 28.2 Å². The van der Waals surface area contributed by atoms with Gasteiger partial charge in [0.25, 0.3) is 0 Å². The zero-order valence-corrected chi connectivity index (χ0v) is 8.52. The maximum absolute atomic E-state index is 11.3. The quantitative estimate of drug-likeness (QED) is 0.380. The van der Waals surface area contributed by atoms with Crippen LogP contribution in [-0.4, -0.2) is 32.0 Å². The van der Waals surface area contributed by atoms with E-state index in [-0.39, 0.29) is 6.61 Å². The van der Waals surface area contributed by atoms with Crippen LogP contribution >= 0.6 is 7.82 Å². The minimum Gasteiger partial charge on any atom is -0.391 e. The molecule has 80 valence electrons. The zero-order valence-electron chi connectivity index (χ0n) is 7.63. The fourth-order valence-corrected chi connectivity index (χ4v) is 1.31. The third kappa shape index (κ3) is 6.11. The van der Waals surface area contributed by atoms with Crippen LogP contribution in [0.4, 0.5) is 0 Å². The van der Waals surface area contributed by atoms with Crippen LogP contribution in [0, 0.1) is 0 Å². The first-order chi connectivity index (χ1) is 6.04. The van der Waals surface area contributed by atoms with Gasteiger partial charge in [-0.25, -0.2) is 14.3 Å². The van der Waals surface area contributed by atoms with E-state index in [4.69, 9.17) is 5.11 Å². The summed E-state index contributed by atoms with van der Waals surface area (Å²) in [6.07, 6.45) is -0.797. The zero-order chi connectivity index (χ0) is 10.3. The highest BCUT2D eigenvalue weighted by Crippen LogP contribution is 2.49. The Bertz CT molecular complexity index is 160. The van der Waals surface area contributed by atoms with Gasteiger partial charge in [-0.2, -0.15) is 0 Å². The molecule has 0 aliphatic carbocycles. The lowest BCUT2D eigenvalue weighted by Crippen LogP contribution is -2.11. The van der Waals surface area contributed by atoms with Gasteiger partial charge >= 0.3 is 7.82 Å². The first-order valence-electron chi connectivity index (χ1n) is 3.41. The second kappa shape index (κ2) is 6.44. The molecule has 0 saturated heterocycles. The van der Waals surface area contributed by atoms with Crippen molar-refractivity contribution in [3.8, 4) is 0 Å². The molecule has 1 atom stereocenters. The molecule has 1 N–H and O–H groups in total. The van der Waals surface area contributed by atoms with Crippen molar-refractivity contribution in [2.75, 3.05) is 20.8 Å². The number of aliphatic hydroxyl groups is 1. The molecule has 13 heavy (non-hydrogen) atoms. The predicted octanol–water partition coefficient (Wildman–Crippen LogP) is 0.648. The molecular formula is C5H13O7P. The Morgan fingerprint density at radius 1 is 1.31 bits per heavy atom. The number of hydrogen-bond acceptors (Lipinski definition) is 7. The third-order valence-electron chi connectivity index (χ3n) is 0.805. The molecule has 8 heteroatoms. The van der Waals surface area contributed by atoms with Crippen LogP contribution in [0.15, 0.2) is 0 Å². The highest BCUT2D eigenvalue weighted by Gasteiger charge is 2.29. The number of rotatable bonds is 7. The molecule has 0 bridgehead atoms. The molecule has 0 saturated carbocycles. The van der Waals surface area contributed by atoms with Gasteiger partial charge < -0.3 is 5.11 Å². The van der Waals surface area contributed by atoms with Gasteiger partial charge in [-0.1, -0.05) is 0 Å². The Hall–Kier alpha value is -0.0100. The maximum Gasteiger partial charge on any atom is 0.529 e. The molecule has 0 rings (SSSR count). The van der Waals surface area contributed by atoms with Crippen molar-refractivity contribution >= 4 is 7.82 Å². The number of hydrogen-bond donors (Lipinski definition) is 1. The molecule has 0 spiro atoms. The fraction of sp³-hybridized carbons (Fsp3) is 1.00. The summed E-state index contributed by atoms with van der Waals surface area (Å²) in [5.41, 5.74) is 0. The van der Waals surface area contributed by atoms with E-state index < -0.39 is 13.9 Å². The van der Waals surface area contributed by atoms with E-state index in [1.165, 1.54) is 6.92 Å². The van der Waals surface area contributed by atoms with Crippen molar-refractivity contribution in [3.05, 3.63) is 0 Å². The molecule has 0 fully saturated rings. The lowest BCUT2D eigenvalue weighted by atomic mass is 10.5. The molecule has 0 aromatic carbocycles. The van der Waals surface area contributed by atoms with Gasteiger partial charge in [-0.15, -0.1) is 9.35 Å². The largest absolute Gasteiger partial charge is 0.529 e. The van der Waals surface area contributed by atoms with Gasteiger partial charge in [-0.05, 0) is 6.92 Å². The molecule has 0 aromatic heterocycles. The summed E-state index contributed by atoms with van der Waals surface area (Å²) in [5.74, 6) is 0. The SMILES string of the molecule is COOP(=O)(OCC(C)O)OOC. The van der Waals surface area contributed by atoms with Gasteiger partial charge in [0.1, 0.15) is 0 Å². The monoisotopic (exact) mass is 216 g/mol. The van der Waals surface area contributed by atoms with Crippen LogP contribution in [0.3, 0.4) is 0 Å². The van der Waals surface area contributed by atoms with Crippen molar-refractivity contribution in [2.45, 2.75) is 13.0 Å². The van der Waals surface area contributed by atoms with E-state index in [1.54, 1.807) is 0 Å². The minimum absolute atomic E-state index is 0.218. The Morgan fingerprint density at radius 2 is 1.77 bits per heavy atom. The van der Waals surface area contributed by atoms with E-state index in [0.29, 0.717) is 0 Å². The van der Waals surface area contributed by atoms with Crippen LogP contribution in [0.2, 0.25) is 0 Å². The smallest absolute Gasteiger partial charge is 0.391 e. The second-order valence-corrected chi connectivity index (χ2v) is 3.53. The van der Waals surface area contributed by atoms with Gasteiger partial charge in [-0.3, -0.25) is 4.52 Å². The van der Waals surface area contributed by atoms with Gasteiger partial charge in [0.05, 0.1) is 26.9 Å². The summed E-state index contributed by atoms with van der Waals surface area (Å²) < 4.78 is 24.3. The van der Waals surface area contributed by atoms with Crippen LogP contribution in [0.1, 0.15) is 6.92 Å². The average Bonchev–Trinajstić information content (AvgIpc) is 2.02. The molecule has 0 heterocycles. The fourth-order valence-electron chi connectivity index (χ4n) is 0.437. The van der Waals surface area contributed by atoms with Crippen molar-refractivity contribution in [1.29, 1.82) is 0 Å². The Morgan fingerprint density at radius 3 is 2.08 bits per heavy atom. The van der Waals surface area contributed by atoms with E-state index in [9.17, 15) is 4.57 Å². The second-order valence-electron chi connectivity index (χ2n) is 2.07. The summed E-state index contributed by atoms with van der Waals surface area (Å²) in [7, 11) is -1.61. The summed E-state index contributed by atoms with van der Waals surface area (Å²) in [6.45, 7) is 1.23. The topological polar surface area (TPSA) is 83.5 Å². The molecule has 7 nitrogen and oxygen atoms in total. The van der Waals surface area contributed by atoms with Crippen LogP contribution in [0.5, 0.6) is 0 Å². The summed E-state index contributed by atoms with van der Waals surface area (Å²) in [4.78, 5) is 8.23. The van der Waals surface area contributed by atoms with Crippen molar-refractivity contribution in [3.63, 3.8) is 0 Å². The minimum atomic E-state index is -3.88. The van der Waals surface area contributed by atoms with Crippen molar-refractivity contribution < 1.29 is 33.3 Å². The normalized spacial score (nSPS) is 14.5. The van der Waals surface area contributed by atoms with E-state index in [1.807, 2.05) is 0 Å². The maximum atomic E-state index is 11.3. The molecule has 0 radical (unpaired) electrons. The van der Waals surface area contributed by atoms with E-state index >= 15 is 0 Å². The Balaban J connectivity index is 3.99. The standard InChI is InChI=1S/C5H13O7P/c1-5(6)4-10-13(7,11-8-2)12-9-3/h5-6H,4H2,1-3H3. The number of aliphatic hydroxyl groups excluding tert-OH is 1. The van der Waals surface area contributed by atoms with Crippen LogP contribution < -0.4 is 0 Å². The first kappa shape index (κ1) is 13.0. The lowest BCUT2D eigenvalue weighted by Gasteiger charge is -2.14. The predicted molar refractivity (Wildman–Crippen MR) is 41.4 cm³/mol. The summed E-state index contributed by atoms with van der Waals surface area (Å²) in [5, 5.41) is 8.81. The van der Waals surface area contributed by atoms with Crippen molar-refractivity contribution in [2.24, 2.45) is 0 Å². The molecule has 0 amide bonds. The average molecular weight is 216 g/mol. The highest BCUT2D eigenvalue weighted by atomic mass is 31.2.